The molecule has 1 unspecified atom stereocenters. The van der Waals surface area contributed by atoms with Crippen molar-refractivity contribution in [2.75, 3.05) is 25.5 Å². The van der Waals surface area contributed by atoms with Gasteiger partial charge >= 0.3 is 6.01 Å². The number of rotatable bonds is 6. The van der Waals surface area contributed by atoms with Gasteiger partial charge in [-0.2, -0.15) is 4.98 Å². The lowest BCUT2D eigenvalue weighted by atomic mass is 10.1. The third kappa shape index (κ3) is 4.31. The Hall–Kier alpha value is -1.89. The third-order valence-corrected chi connectivity index (χ3v) is 4.48. The molecule has 1 saturated carbocycles. The second-order valence-electron chi connectivity index (χ2n) is 6.26. The van der Waals surface area contributed by atoms with Crippen LogP contribution in [0, 0.1) is 5.92 Å². The zero-order valence-electron chi connectivity index (χ0n) is 13.3. The highest BCUT2D eigenvalue weighted by Gasteiger charge is 2.19. The molecule has 0 bridgehead atoms. The van der Waals surface area contributed by atoms with E-state index < -0.39 is 0 Å². The summed E-state index contributed by atoms with van der Waals surface area (Å²) in [6.45, 7) is 1.86. The molecular weight excluding hydrogens is 296 g/mol. The van der Waals surface area contributed by atoms with Crippen LogP contribution in [0.3, 0.4) is 0 Å². The summed E-state index contributed by atoms with van der Waals surface area (Å²) in [5, 5.41) is 2.81. The number of nitrogens with zero attached hydrogens (tertiary/aromatic N) is 2. The topological polar surface area (TPSA) is 99.4 Å². The van der Waals surface area contributed by atoms with Crippen LogP contribution in [0.5, 0.6) is 6.01 Å². The minimum absolute atomic E-state index is 0.0927. The van der Waals surface area contributed by atoms with E-state index in [0.717, 1.165) is 19.4 Å². The van der Waals surface area contributed by atoms with E-state index >= 15 is 0 Å². The molecule has 1 saturated heterocycles. The first kappa shape index (κ1) is 16.0. The molecule has 1 aromatic heterocycles. The van der Waals surface area contributed by atoms with Gasteiger partial charge in [0, 0.05) is 19.3 Å². The number of hydrogen-bond acceptors (Lipinski definition) is 6. The van der Waals surface area contributed by atoms with E-state index in [-0.39, 0.29) is 29.4 Å². The normalized spacial score (nSPS) is 21.5. The number of nitrogens with one attached hydrogen (secondary N) is 1. The predicted molar refractivity (Wildman–Crippen MR) is 85.2 cm³/mol. The van der Waals surface area contributed by atoms with Gasteiger partial charge in [-0.05, 0) is 31.6 Å². The van der Waals surface area contributed by atoms with E-state index in [9.17, 15) is 4.79 Å². The monoisotopic (exact) mass is 320 g/mol. The average molecular weight is 320 g/mol. The number of ether oxygens (including phenoxy) is 2. The molecule has 1 aromatic rings. The van der Waals surface area contributed by atoms with E-state index in [1.165, 1.54) is 31.9 Å². The Kier molecular flexibility index (Phi) is 5.27. The highest BCUT2D eigenvalue weighted by Crippen LogP contribution is 2.25. The minimum atomic E-state index is -0.277. The van der Waals surface area contributed by atoms with Crippen LogP contribution in [-0.2, 0) is 4.74 Å². The van der Waals surface area contributed by atoms with Crippen LogP contribution in [0.1, 0.15) is 48.9 Å². The van der Waals surface area contributed by atoms with Gasteiger partial charge in [0.1, 0.15) is 11.4 Å². The molecular formula is C16H24N4O3. The molecule has 2 fully saturated rings. The van der Waals surface area contributed by atoms with Gasteiger partial charge < -0.3 is 20.5 Å². The molecule has 1 aliphatic carbocycles. The molecule has 1 amide bonds. The highest BCUT2D eigenvalue weighted by atomic mass is 16.5. The standard InChI is InChI=1S/C16H24N4O3/c17-14-13(15(21)18-8-12-6-3-7-22-12)9-19-16(20-14)23-10-11-4-1-2-5-11/h9,11-12H,1-8,10H2,(H,18,21)(H2,17,19,20). The first-order valence-corrected chi connectivity index (χ1v) is 8.37. The Balaban J connectivity index is 1.51. The summed E-state index contributed by atoms with van der Waals surface area (Å²) in [4.78, 5) is 20.3. The van der Waals surface area contributed by atoms with E-state index in [1.807, 2.05) is 0 Å². The lowest BCUT2D eigenvalue weighted by molar-refractivity contribution is 0.0857. The van der Waals surface area contributed by atoms with Crippen molar-refractivity contribution in [2.45, 2.75) is 44.6 Å². The van der Waals surface area contributed by atoms with Crippen LogP contribution in [0.2, 0.25) is 0 Å². The van der Waals surface area contributed by atoms with Crippen molar-refractivity contribution in [1.82, 2.24) is 15.3 Å². The van der Waals surface area contributed by atoms with Gasteiger partial charge in [0.2, 0.25) is 0 Å². The maximum absolute atomic E-state index is 12.1. The number of amides is 1. The smallest absolute Gasteiger partial charge is 0.318 e. The molecule has 1 aliphatic heterocycles. The Morgan fingerprint density at radius 3 is 2.87 bits per heavy atom. The van der Waals surface area contributed by atoms with Crippen molar-refractivity contribution >= 4 is 11.7 Å². The number of nitrogens with two attached hydrogens (primary N) is 1. The van der Waals surface area contributed by atoms with Gasteiger partial charge in [-0.3, -0.25) is 4.79 Å². The average Bonchev–Trinajstić information content (AvgIpc) is 3.24. The fourth-order valence-corrected chi connectivity index (χ4v) is 3.10. The summed E-state index contributed by atoms with van der Waals surface area (Å²) >= 11 is 0. The van der Waals surface area contributed by atoms with Crippen molar-refractivity contribution in [3.63, 3.8) is 0 Å². The highest BCUT2D eigenvalue weighted by molar-refractivity contribution is 5.98. The summed E-state index contributed by atoms with van der Waals surface area (Å²) < 4.78 is 11.1. The van der Waals surface area contributed by atoms with Crippen LogP contribution < -0.4 is 15.8 Å². The van der Waals surface area contributed by atoms with Crippen LogP contribution in [0.15, 0.2) is 6.20 Å². The summed E-state index contributed by atoms with van der Waals surface area (Å²) in [6, 6.07) is 0.241. The summed E-state index contributed by atoms with van der Waals surface area (Å²) in [6.07, 6.45) is 8.45. The first-order chi connectivity index (χ1) is 11.2. The molecule has 1 atom stereocenters. The van der Waals surface area contributed by atoms with Crippen molar-refractivity contribution in [1.29, 1.82) is 0 Å². The number of carbonyl (C=O) groups excluding carboxylic acids is 1. The third-order valence-electron chi connectivity index (χ3n) is 4.48. The van der Waals surface area contributed by atoms with Crippen LogP contribution in [0.4, 0.5) is 5.82 Å². The van der Waals surface area contributed by atoms with Crippen molar-refractivity contribution < 1.29 is 14.3 Å². The second-order valence-corrected chi connectivity index (χ2v) is 6.26. The maximum atomic E-state index is 12.1. The van der Waals surface area contributed by atoms with Crippen LogP contribution in [-0.4, -0.2) is 41.7 Å². The van der Waals surface area contributed by atoms with E-state index in [4.69, 9.17) is 15.2 Å². The van der Waals surface area contributed by atoms with Crippen molar-refractivity contribution in [2.24, 2.45) is 5.92 Å². The molecule has 0 spiro atoms. The van der Waals surface area contributed by atoms with E-state index in [1.54, 1.807) is 0 Å². The molecule has 7 heteroatoms. The molecule has 23 heavy (non-hydrogen) atoms. The molecule has 2 aliphatic rings. The SMILES string of the molecule is Nc1nc(OCC2CCCC2)ncc1C(=O)NCC1CCCO1. The quantitative estimate of drug-likeness (QED) is 0.825. The van der Waals surface area contributed by atoms with Crippen LogP contribution >= 0.6 is 0 Å². The fourth-order valence-electron chi connectivity index (χ4n) is 3.10. The fraction of sp³-hybridized carbons (Fsp3) is 0.688. The Labute approximate surface area is 136 Å². The number of nitrogen functional groups attached to an aromatic ring is 1. The zero-order valence-corrected chi connectivity index (χ0v) is 13.3. The van der Waals surface area contributed by atoms with Gasteiger partial charge in [-0.25, -0.2) is 4.98 Å². The molecule has 7 nitrogen and oxygen atoms in total. The lowest BCUT2D eigenvalue weighted by Crippen LogP contribution is -2.32. The van der Waals surface area contributed by atoms with Crippen molar-refractivity contribution in [3.8, 4) is 6.01 Å². The summed E-state index contributed by atoms with van der Waals surface area (Å²) in [5.41, 5.74) is 6.14. The Bertz CT molecular complexity index is 540. The van der Waals surface area contributed by atoms with Gasteiger partial charge in [0.05, 0.1) is 12.7 Å². The van der Waals surface area contributed by atoms with Crippen LogP contribution in [0.25, 0.3) is 0 Å². The number of hydrogen-bond donors (Lipinski definition) is 2. The molecule has 0 radical (unpaired) electrons. The number of aromatic nitrogens is 2. The minimum Gasteiger partial charge on any atom is -0.463 e. The summed E-state index contributed by atoms with van der Waals surface area (Å²) in [7, 11) is 0. The van der Waals surface area contributed by atoms with Gasteiger partial charge in [0.25, 0.3) is 5.91 Å². The molecule has 0 aromatic carbocycles. The largest absolute Gasteiger partial charge is 0.463 e. The van der Waals surface area contributed by atoms with Crippen molar-refractivity contribution in [3.05, 3.63) is 11.8 Å². The van der Waals surface area contributed by atoms with E-state index in [2.05, 4.69) is 15.3 Å². The van der Waals surface area contributed by atoms with Gasteiger partial charge in [0.15, 0.2) is 0 Å². The zero-order chi connectivity index (χ0) is 16.1. The second kappa shape index (κ2) is 7.59. The molecule has 126 valence electrons. The summed E-state index contributed by atoms with van der Waals surface area (Å²) in [5.74, 6) is 0.445. The molecule has 3 N–H and O–H groups in total. The number of anilines is 1. The molecule has 3 rings (SSSR count). The molecule has 2 heterocycles. The lowest BCUT2D eigenvalue weighted by Gasteiger charge is -2.12. The number of carbonyl (C=O) groups is 1. The van der Waals surface area contributed by atoms with E-state index in [0.29, 0.717) is 19.1 Å². The maximum Gasteiger partial charge on any atom is 0.318 e. The first-order valence-electron chi connectivity index (χ1n) is 8.37. The van der Waals surface area contributed by atoms with Gasteiger partial charge in [-0.1, -0.05) is 12.8 Å². The predicted octanol–water partition coefficient (Wildman–Crippen LogP) is 1.54. The van der Waals surface area contributed by atoms with Gasteiger partial charge in [-0.15, -0.1) is 0 Å². The Morgan fingerprint density at radius 2 is 2.17 bits per heavy atom. The Morgan fingerprint density at radius 1 is 1.35 bits per heavy atom.